The van der Waals surface area contributed by atoms with Gasteiger partial charge in [0, 0.05) is 62.0 Å². The molecule has 16 nitrogen and oxygen atoms in total. The van der Waals surface area contributed by atoms with E-state index in [9.17, 15) is 38.7 Å². The third-order valence-corrected chi connectivity index (χ3v) is 17.5. The number of aromatic amines is 1. The van der Waals surface area contributed by atoms with Gasteiger partial charge in [-0.15, -0.1) is 0 Å². The summed E-state index contributed by atoms with van der Waals surface area (Å²) in [5.41, 5.74) is 7.50. The molecule has 0 bridgehead atoms. The molecular weight excluding hydrogens is 927 g/mol. The van der Waals surface area contributed by atoms with Gasteiger partial charge < -0.3 is 41.4 Å². The molecule has 11 atom stereocenters. The average molecular weight is 1020 g/mol. The molecule has 3 aliphatic rings. The highest BCUT2D eigenvalue weighted by molar-refractivity contribution is 5.93. The van der Waals surface area contributed by atoms with Crippen LogP contribution in [0, 0.1) is 52.8 Å². The minimum Gasteiger partial charge on any atom is -0.481 e. The van der Waals surface area contributed by atoms with E-state index in [4.69, 9.17) is 10.5 Å². The fraction of sp³-hybridized carbons (Fsp3) is 0.737. The molecule has 2 heterocycles. The van der Waals surface area contributed by atoms with Crippen molar-refractivity contribution >= 4 is 52.2 Å². The second-order valence-corrected chi connectivity index (χ2v) is 22.9. The highest BCUT2D eigenvalue weighted by Crippen LogP contribution is 2.66. The number of nitrogens with two attached hydrogens (primary N) is 1. The van der Waals surface area contributed by atoms with E-state index in [-0.39, 0.29) is 88.8 Å². The molecular formula is C57H91N7O9. The summed E-state index contributed by atoms with van der Waals surface area (Å²) in [6.07, 6.45) is 9.74. The molecule has 408 valence electrons. The van der Waals surface area contributed by atoms with Crippen LogP contribution >= 0.6 is 0 Å². The first-order valence-corrected chi connectivity index (χ1v) is 27.6. The lowest BCUT2D eigenvalue weighted by molar-refractivity contribution is -0.143. The van der Waals surface area contributed by atoms with E-state index in [1.807, 2.05) is 81.9 Å². The Morgan fingerprint density at radius 2 is 1.59 bits per heavy atom. The molecule has 1 aromatic carbocycles. The van der Waals surface area contributed by atoms with Crippen molar-refractivity contribution in [1.29, 1.82) is 0 Å². The van der Waals surface area contributed by atoms with Gasteiger partial charge in [0.05, 0.1) is 36.1 Å². The lowest BCUT2D eigenvalue weighted by Gasteiger charge is -2.36. The van der Waals surface area contributed by atoms with Gasteiger partial charge in [-0.2, -0.15) is 0 Å². The van der Waals surface area contributed by atoms with Crippen LogP contribution < -0.4 is 21.7 Å². The summed E-state index contributed by atoms with van der Waals surface area (Å²) in [5.74, 6) is -2.86. The molecule has 5 amide bonds. The summed E-state index contributed by atoms with van der Waals surface area (Å²) in [7, 11) is 3.46. The summed E-state index contributed by atoms with van der Waals surface area (Å²) in [6, 6.07) is 5.31. The van der Waals surface area contributed by atoms with Crippen LogP contribution in [0.5, 0.6) is 0 Å². The lowest BCUT2D eigenvalue weighted by Crippen LogP contribution is -2.55. The van der Waals surface area contributed by atoms with Crippen LogP contribution in [0.4, 0.5) is 0 Å². The number of para-hydroxylation sites is 1. The SMILES string of the molecule is CCC(C[C@H]1C[C@]1([C@H](C)CC(=O)N1CCC[C@H]1[C@H](OC)[C@@H](C)C(=O)N[C@@H](Cc1c[nH]c2ccccc12)C(N)=O)[C@@H](C)CC)C(=O)[C@@H](NC(=O)[C@H](C(C)C)N(C)CCCC(=O)NC1CCC(C(=O)O)CC1)C(C)C. The number of primary amides is 1. The number of carbonyl (C=O) groups excluding carboxylic acids is 6. The number of hydrogen-bond donors (Lipinski definition) is 6. The molecule has 1 saturated heterocycles. The smallest absolute Gasteiger partial charge is 0.306 e. The van der Waals surface area contributed by atoms with Crippen molar-refractivity contribution in [2.24, 2.45) is 58.5 Å². The number of hydrogen-bond acceptors (Lipinski definition) is 9. The van der Waals surface area contributed by atoms with Crippen molar-refractivity contribution in [1.82, 2.24) is 30.7 Å². The predicted molar refractivity (Wildman–Crippen MR) is 284 cm³/mol. The number of likely N-dealkylation sites (N-methyl/N-ethyl adjacent to an activating group) is 1. The number of likely N-dealkylation sites (tertiary alicyclic amines) is 1. The molecule has 5 rings (SSSR count). The van der Waals surface area contributed by atoms with Gasteiger partial charge in [0.2, 0.25) is 29.5 Å². The van der Waals surface area contributed by atoms with Crippen molar-refractivity contribution in [3.63, 3.8) is 0 Å². The molecule has 0 radical (unpaired) electrons. The molecule has 3 fully saturated rings. The van der Waals surface area contributed by atoms with E-state index in [0.29, 0.717) is 83.2 Å². The standard InChI is InChI=1S/C57H91N7O9/c1-12-35(7)57(36(8)28-48(66)64-27-16-20-46(64)52(73-11)37(9)54(69)61-45(53(58)68)30-40-32-59-44-19-15-14-18-43(40)44)31-41(57)29-38(13-2)51(67)49(33(3)4)62-55(70)50(34(5)6)63(10)26-17-21-47(65)60-42-24-22-39(23-25-42)56(71)72/h14-15,18-19,32-39,41-42,45-46,49-50,52,59H,12-13,16-17,20-31H2,1-11H3,(H2,58,68)(H,60,65)(H,61,69)(H,62,70)(H,71,72)/t35-,36+,37+,38?,39?,41-,42?,45-,46-,49-,50-,52+,57+/m0/s1. The Morgan fingerprint density at radius 3 is 2.19 bits per heavy atom. The number of ether oxygens (including phenoxy) is 1. The highest BCUT2D eigenvalue weighted by atomic mass is 16.5. The van der Waals surface area contributed by atoms with E-state index >= 15 is 0 Å². The van der Waals surface area contributed by atoms with Crippen LogP contribution in [-0.4, -0.2) is 125 Å². The third kappa shape index (κ3) is 14.5. The minimum atomic E-state index is -0.935. The number of H-pyrrole nitrogens is 1. The summed E-state index contributed by atoms with van der Waals surface area (Å²) < 4.78 is 6.03. The Morgan fingerprint density at radius 1 is 0.904 bits per heavy atom. The first-order chi connectivity index (χ1) is 34.6. The van der Waals surface area contributed by atoms with Crippen molar-refractivity contribution in [2.45, 2.75) is 189 Å². The zero-order valence-corrected chi connectivity index (χ0v) is 46.0. The largest absolute Gasteiger partial charge is 0.481 e. The molecule has 1 aromatic heterocycles. The number of carboxylic acid groups (broad SMARTS) is 1. The predicted octanol–water partition coefficient (Wildman–Crippen LogP) is 7.02. The first kappa shape index (κ1) is 59.1. The van der Waals surface area contributed by atoms with Crippen molar-refractivity contribution < 1.29 is 43.4 Å². The number of benzene rings is 1. The van der Waals surface area contributed by atoms with E-state index in [0.717, 1.165) is 35.7 Å². The van der Waals surface area contributed by atoms with Crippen molar-refractivity contribution in [3.05, 3.63) is 36.0 Å². The van der Waals surface area contributed by atoms with E-state index < -0.39 is 42.0 Å². The average Bonchev–Trinajstić information content (AvgIpc) is 3.62. The summed E-state index contributed by atoms with van der Waals surface area (Å²) in [4.78, 5) is 101. The van der Waals surface area contributed by atoms with E-state index in [1.54, 1.807) is 14.0 Å². The Bertz CT molecular complexity index is 2200. The number of carboxylic acids is 1. The van der Waals surface area contributed by atoms with Crippen molar-refractivity contribution in [3.8, 4) is 0 Å². The van der Waals surface area contributed by atoms with E-state index in [2.05, 4.69) is 41.7 Å². The molecule has 1 unspecified atom stereocenters. The topological polar surface area (TPSA) is 233 Å². The number of amides is 5. The number of methoxy groups -OCH3 is 1. The van der Waals surface area contributed by atoms with Crippen LogP contribution in [0.25, 0.3) is 10.9 Å². The fourth-order valence-electron chi connectivity index (χ4n) is 13.0. The maximum absolute atomic E-state index is 14.6. The van der Waals surface area contributed by atoms with Crippen LogP contribution in [0.2, 0.25) is 0 Å². The number of carbonyl (C=O) groups is 7. The van der Waals surface area contributed by atoms with Crippen LogP contribution in [0.1, 0.15) is 151 Å². The van der Waals surface area contributed by atoms with Crippen molar-refractivity contribution in [2.75, 3.05) is 27.2 Å². The van der Waals surface area contributed by atoms with E-state index in [1.165, 1.54) is 0 Å². The number of nitrogens with zero attached hydrogens (tertiary/aromatic N) is 2. The quantitative estimate of drug-likeness (QED) is 0.0487. The first-order valence-electron chi connectivity index (χ1n) is 27.6. The number of nitrogens with one attached hydrogen (secondary N) is 4. The van der Waals surface area contributed by atoms with Gasteiger partial charge in [0.25, 0.3) is 0 Å². The molecule has 73 heavy (non-hydrogen) atoms. The molecule has 2 aliphatic carbocycles. The zero-order valence-electron chi connectivity index (χ0n) is 46.0. The number of aliphatic carboxylic acids is 1. The molecule has 2 aromatic rings. The van der Waals surface area contributed by atoms with Crippen LogP contribution in [-0.2, 0) is 44.7 Å². The van der Waals surface area contributed by atoms with Crippen LogP contribution in [0.3, 0.4) is 0 Å². The maximum Gasteiger partial charge on any atom is 0.306 e. The van der Waals surface area contributed by atoms with Gasteiger partial charge in [-0.1, -0.05) is 86.9 Å². The zero-order chi connectivity index (χ0) is 53.9. The number of fused-ring (bicyclic) bond motifs is 1. The Hall–Kier alpha value is -4.83. The summed E-state index contributed by atoms with van der Waals surface area (Å²) in [6.45, 7) is 19.5. The molecule has 16 heteroatoms. The molecule has 7 N–H and O–H groups in total. The van der Waals surface area contributed by atoms with Gasteiger partial charge in [-0.3, -0.25) is 38.5 Å². The minimum absolute atomic E-state index is 0.0106. The molecule has 1 aliphatic heterocycles. The van der Waals surface area contributed by atoms with Gasteiger partial charge in [-0.05, 0) is 124 Å². The lowest BCUT2D eigenvalue weighted by atomic mass is 9.73. The van der Waals surface area contributed by atoms with Gasteiger partial charge in [0.15, 0.2) is 5.78 Å². The summed E-state index contributed by atoms with van der Waals surface area (Å²) in [5, 5.41) is 19.4. The molecule has 0 spiro atoms. The van der Waals surface area contributed by atoms with Crippen LogP contribution in [0.15, 0.2) is 30.5 Å². The number of rotatable bonds is 29. The van der Waals surface area contributed by atoms with Gasteiger partial charge >= 0.3 is 5.97 Å². The fourth-order valence-corrected chi connectivity index (χ4v) is 13.0. The Kier molecular flexibility index (Phi) is 21.5. The number of Topliss-reactive ketones (excluding diaryl/α,β-unsaturated/α-hetero) is 1. The van der Waals surface area contributed by atoms with Gasteiger partial charge in [-0.25, -0.2) is 0 Å². The second-order valence-electron chi connectivity index (χ2n) is 22.9. The van der Waals surface area contributed by atoms with Gasteiger partial charge in [0.1, 0.15) is 6.04 Å². The Labute approximate surface area is 435 Å². The second kappa shape index (κ2) is 26.6. The number of aromatic nitrogens is 1. The highest BCUT2D eigenvalue weighted by Gasteiger charge is 2.60. The monoisotopic (exact) mass is 1020 g/mol. The third-order valence-electron chi connectivity index (χ3n) is 17.5. The molecule has 2 saturated carbocycles. The normalized spacial score (nSPS) is 24.3. The number of ketones is 1. The maximum atomic E-state index is 14.6. The Balaban J connectivity index is 1.17. The summed E-state index contributed by atoms with van der Waals surface area (Å²) >= 11 is 0.